The monoisotopic (exact) mass is 619 g/mol. The molecule has 1 N–H and O–H groups in total. The maximum absolute atomic E-state index is 13.7. The number of nitrogens with zero attached hydrogens (tertiary/aromatic N) is 2. The second-order valence-electron chi connectivity index (χ2n) is 9.79. The Morgan fingerprint density at radius 2 is 1.63 bits per heavy atom. The van der Waals surface area contributed by atoms with Gasteiger partial charge in [-0.2, -0.15) is 0 Å². The zero-order valence-electron chi connectivity index (χ0n) is 23.5. The van der Waals surface area contributed by atoms with E-state index in [4.69, 9.17) is 27.9 Å². The molecule has 0 spiro atoms. The molecule has 0 aliphatic carbocycles. The average Bonchev–Trinajstić information content (AvgIpc) is 2.94. The molecular formula is C30H35Cl2N3O5S. The van der Waals surface area contributed by atoms with Crippen LogP contribution in [0.15, 0.2) is 72.8 Å². The summed E-state index contributed by atoms with van der Waals surface area (Å²) in [4.78, 5) is 28.1. The van der Waals surface area contributed by atoms with Crippen molar-refractivity contribution >= 4 is 50.7 Å². The average molecular weight is 621 g/mol. The van der Waals surface area contributed by atoms with Gasteiger partial charge in [0, 0.05) is 22.6 Å². The third kappa shape index (κ3) is 9.38. The quantitative estimate of drug-likeness (QED) is 0.266. The van der Waals surface area contributed by atoms with E-state index in [1.165, 1.54) is 4.90 Å². The van der Waals surface area contributed by atoms with Crippen LogP contribution in [0.1, 0.15) is 38.3 Å². The van der Waals surface area contributed by atoms with E-state index in [-0.39, 0.29) is 24.2 Å². The van der Waals surface area contributed by atoms with Crippen molar-refractivity contribution in [3.8, 4) is 5.75 Å². The van der Waals surface area contributed by atoms with Gasteiger partial charge < -0.3 is 15.0 Å². The van der Waals surface area contributed by atoms with Crippen molar-refractivity contribution in [1.29, 1.82) is 0 Å². The summed E-state index contributed by atoms with van der Waals surface area (Å²) >= 11 is 12.4. The van der Waals surface area contributed by atoms with Gasteiger partial charge in [0.1, 0.15) is 24.9 Å². The van der Waals surface area contributed by atoms with Crippen LogP contribution in [0.4, 0.5) is 5.69 Å². The van der Waals surface area contributed by atoms with E-state index in [1.54, 1.807) is 49.4 Å². The number of hydrogen-bond donors (Lipinski definition) is 1. The van der Waals surface area contributed by atoms with Crippen molar-refractivity contribution in [2.75, 3.05) is 17.1 Å². The van der Waals surface area contributed by atoms with Gasteiger partial charge in [0.05, 0.1) is 11.9 Å². The third-order valence-electron chi connectivity index (χ3n) is 6.58. The number of sulfonamides is 1. The number of halogens is 2. The van der Waals surface area contributed by atoms with Gasteiger partial charge in [-0.05, 0) is 67.8 Å². The fraction of sp³-hybridized carbons (Fsp3) is 0.333. The van der Waals surface area contributed by atoms with Gasteiger partial charge in [-0.25, -0.2) is 8.42 Å². The van der Waals surface area contributed by atoms with Gasteiger partial charge >= 0.3 is 0 Å². The largest absolute Gasteiger partial charge is 0.489 e. The first-order valence-electron chi connectivity index (χ1n) is 13.2. The van der Waals surface area contributed by atoms with E-state index in [0.29, 0.717) is 34.4 Å². The van der Waals surface area contributed by atoms with Gasteiger partial charge in [-0.3, -0.25) is 13.9 Å². The molecule has 0 aliphatic heterocycles. The second-order valence-corrected chi connectivity index (χ2v) is 12.5. The van der Waals surface area contributed by atoms with E-state index in [1.807, 2.05) is 44.2 Å². The molecule has 3 aromatic carbocycles. The molecule has 0 aliphatic rings. The summed E-state index contributed by atoms with van der Waals surface area (Å²) in [6, 6.07) is 20.0. The van der Waals surface area contributed by atoms with Crippen molar-refractivity contribution in [3.63, 3.8) is 0 Å². The molecule has 2 atom stereocenters. The van der Waals surface area contributed by atoms with E-state index in [2.05, 4.69) is 5.32 Å². The number of nitrogens with one attached hydrogen (secondary N) is 1. The molecule has 0 heterocycles. The van der Waals surface area contributed by atoms with Crippen LogP contribution in [0, 0.1) is 0 Å². The number of hydrogen-bond acceptors (Lipinski definition) is 5. The highest BCUT2D eigenvalue weighted by Gasteiger charge is 2.31. The first-order chi connectivity index (χ1) is 19.4. The molecule has 8 nitrogen and oxygen atoms in total. The van der Waals surface area contributed by atoms with E-state index >= 15 is 0 Å². The lowest BCUT2D eigenvalue weighted by Crippen LogP contribution is -2.52. The number of carbonyl (C=O) groups is 2. The molecule has 2 amide bonds. The van der Waals surface area contributed by atoms with E-state index in [0.717, 1.165) is 16.1 Å². The predicted molar refractivity (Wildman–Crippen MR) is 164 cm³/mol. The third-order valence-corrected chi connectivity index (χ3v) is 8.30. The minimum Gasteiger partial charge on any atom is -0.489 e. The molecule has 0 saturated heterocycles. The molecule has 0 radical (unpaired) electrons. The second kappa shape index (κ2) is 14.6. The Bertz CT molecular complexity index is 1440. The molecular weight excluding hydrogens is 585 g/mol. The highest BCUT2D eigenvalue weighted by molar-refractivity contribution is 7.92. The summed E-state index contributed by atoms with van der Waals surface area (Å²) in [5.41, 5.74) is 1.85. The fourth-order valence-electron chi connectivity index (χ4n) is 3.94. The lowest BCUT2D eigenvalue weighted by Gasteiger charge is -2.32. The van der Waals surface area contributed by atoms with Gasteiger partial charge in [0.2, 0.25) is 21.8 Å². The summed E-state index contributed by atoms with van der Waals surface area (Å²) in [7, 11) is -3.87. The smallest absolute Gasteiger partial charge is 0.244 e. The lowest BCUT2D eigenvalue weighted by atomic mass is 10.1. The highest BCUT2D eigenvalue weighted by Crippen LogP contribution is 2.25. The van der Waals surface area contributed by atoms with Crippen molar-refractivity contribution in [3.05, 3.63) is 94.0 Å². The molecule has 41 heavy (non-hydrogen) atoms. The molecule has 220 valence electrons. The molecule has 0 fully saturated rings. The Morgan fingerprint density at radius 3 is 2.22 bits per heavy atom. The van der Waals surface area contributed by atoms with Crippen molar-refractivity contribution in [2.45, 2.75) is 52.4 Å². The SMILES string of the molecule is CC[C@H](C)NC(=O)[C@@H](C)N(Cc1ccc(Cl)cc1Cl)C(=O)CN(c1ccc(OCc2ccccc2)cc1)S(C)(=O)=O. The van der Waals surface area contributed by atoms with Crippen LogP contribution in [0.5, 0.6) is 5.75 Å². The van der Waals surface area contributed by atoms with Crippen LogP contribution in [0.25, 0.3) is 0 Å². The molecule has 0 bridgehead atoms. The fourth-order valence-corrected chi connectivity index (χ4v) is 5.26. The highest BCUT2D eigenvalue weighted by atomic mass is 35.5. The van der Waals surface area contributed by atoms with Crippen LogP contribution in [-0.2, 0) is 32.8 Å². The summed E-state index contributed by atoms with van der Waals surface area (Å²) in [6.45, 7) is 5.22. The Labute approximate surface area is 252 Å². The number of amides is 2. The molecule has 11 heteroatoms. The zero-order chi connectivity index (χ0) is 30.2. The molecule has 0 aromatic heterocycles. The Balaban J connectivity index is 1.84. The zero-order valence-corrected chi connectivity index (χ0v) is 25.8. The number of carbonyl (C=O) groups excluding carboxylic acids is 2. The van der Waals surface area contributed by atoms with Gasteiger partial charge in [-0.15, -0.1) is 0 Å². The summed E-state index contributed by atoms with van der Waals surface area (Å²) in [6.07, 6.45) is 1.74. The predicted octanol–water partition coefficient (Wildman–Crippen LogP) is 5.67. The minimum atomic E-state index is -3.87. The summed E-state index contributed by atoms with van der Waals surface area (Å²) in [5, 5.41) is 3.65. The molecule has 3 aromatic rings. The summed E-state index contributed by atoms with van der Waals surface area (Å²) in [5.74, 6) is -0.381. The topological polar surface area (TPSA) is 96.0 Å². The molecule has 0 unspecified atom stereocenters. The summed E-state index contributed by atoms with van der Waals surface area (Å²) < 4.78 is 32.5. The number of ether oxygens (including phenoxy) is 1. The number of rotatable bonds is 13. The first kappa shape index (κ1) is 32.2. The minimum absolute atomic E-state index is 0.0200. The first-order valence-corrected chi connectivity index (χ1v) is 15.8. The lowest BCUT2D eigenvalue weighted by molar-refractivity contribution is -0.139. The normalized spacial score (nSPS) is 12.7. The number of anilines is 1. The van der Waals surface area contributed by atoms with Crippen LogP contribution in [-0.4, -0.2) is 50.0 Å². The van der Waals surface area contributed by atoms with Crippen molar-refractivity contribution in [1.82, 2.24) is 10.2 Å². The van der Waals surface area contributed by atoms with Gasteiger partial charge in [0.15, 0.2) is 0 Å². The molecule has 0 saturated carbocycles. The van der Waals surface area contributed by atoms with Crippen LogP contribution < -0.4 is 14.4 Å². The maximum atomic E-state index is 13.7. The molecule has 3 rings (SSSR count). The van der Waals surface area contributed by atoms with Gasteiger partial charge in [-0.1, -0.05) is 66.5 Å². The van der Waals surface area contributed by atoms with E-state index < -0.39 is 28.5 Å². The van der Waals surface area contributed by atoms with E-state index in [9.17, 15) is 18.0 Å². The van der Waals surface area contributed by atoms with Crippen LogP contribution in [0.3, 0.4) is 0 Å². The standard InChI is InChI=1S/C30H35Cl2N3O5S/c1-5-21(2)33-30(37)22(3)34(18-24-11-12-25(31)17-28(24)32)29(36)19-35(41(4,38)39)26-13-15-27(16-14-26)40-20-23-9-7-6-8-10-23/h6-17,21-22H,5,18-20H2,1-4H3,(H,33,37)/t21-,22+/m0/s1. The Hall–Kier alpha value is -3.27. The Kier molecular flexibility index (Phi) is 11.5. The number of benzene rings is 3. The Morgan fingerprint density at radius 1 is 0.976 bits per heavy atom. The van der Waals surface area contributed by atoms with Crippen LogP contribution >= 0.6 is 23.2 Å². The maximum Gasteiger partial charge on any atom is 0.244 e. The van der Waals surface area contributed by atoms with Crippen molar-refractivity contribution < 1.29 is 22.7 Å². The van der Waals surface area contributed by atoms with Crippen LogP contribution in [0.2, 0.25) is 10.0 Å². The van der Waals surface area contributed by atoms with Crippen molar-refractivity contribution in [2.24, 2.45) is 0 Å². The van der Waals surface area contributed by atoms with Gasteiger partial charge in [0.25, 0.3) is 0 Å².